The second-order valence-electron chi connectivity index (χ2n) is 4.46. The summed E-state index contributed by atoms with van der Waals surface area (Å²) in [5.41, 5.74) is 1.08. The molecule has 104 valence electrons. The van der Waals surface area contributed by atoms with E-state index in [1.165, 1.54) is 0 Å². The third-order valence-corrected chi connectivity index (χ3v) is 3.24. The lowest BCUT2D eigenvalue weighted by molar-refractivity contribution is 0.169. The molecule has 0 fully saturated rings. The summed E-state index contributed by atoms with van der Waals surface area (Å²) in [5, 5.41) is 3.29. The number of hydrogen-bond acceptors (Lipinski definition) is 4. The summed E-state index contributed by atoms with van der Waals surface area (Å²) in [7, 11) is 5.24. The highest BCUT2D eigenvalue weighted by Crippen LogP contribution is 2.31. The number of ether oxygens (including phenoxy) is 3. The predicted octanol–water partition coefficient (Wildman–Crippen LogP) is 2.66. The van der Waals surface area contributed by atoms with Gasteiger partial charge in [0, 0.05) is 6.07 Å². The molecule has 1 heterocycles. The first kappa shape index (κ1) is 13.7. The second kappa shape index (κ2) is 6.48. The normalized spacial score (nSPS) is 16.3. The Labute approximate surface area is 114 Å². The van der Waals surface area contributed by atoms with Gasteiger partial charge in [-0.15, -0.1) is 0 Å². The maximum absolute atomic E-state index is 5.75. The first-order valence-electron chi connectivity index (χ1n) is 6.51. The van der Waals surface area contributed by atoms with Crippen molar-refractivity contribution in [1.29, 1.82) is 0 Å². The molecule has 0 aliphatic carbocycles. The van der Waals surface area contributed by atoms with E-state index in [1.807, 2.05) is 25.2 Å². The van der Waals surface area contributed by atoms with Crippen LogP contribution in [-0.2, 0) is 4.74 Å². The Morgan fingerprint density at radius 3 is 2.32 bits per heavy atom. The van der Waals surface area contributed by atoms with Crippen LogP contribution in [0.5, 0.6) is 11.5 Å². The Morgan fingerprint density at radius 2 is 1.84 bits per heavy atom. The fraction of sp³-hybridized carbons (Fsp3) is 0.467. The SMILES string of the molecule is CNC(C1=CCCCO1)c1cc(OC)cc(OC)c1. The monoisotopic (exact) mass is 263 g/mol. The van der Waals surface area contributed by atoms with Crippen molar-refractivity contribution in [3.63, 3.8) is 0 Å². The van der Waals surface area contributed by atoms with Crippen molar-refractivity contribution in [2.45, 2.75) is 18.9 Å². The minimum absolute atomic E-state index is 0.0318. The largest absolute Gasteiger partial charge is 0.497 e. The molecule has 2 rings (SSSR count). The van der Waals surface area contributed by atoms with Gasteiger partial charge in [0.1, 0.15) is 17.3 Å². The van der Waals surface area contributed by atoms with E-state index in [-0.39, 0.29) is 6.04 Å². The van der Waals surface area contributed by atoms with E-state index in [2.05, 4.69) is 11.4 Å². The molecule has 1 aromatic rings. The molecule has 0 saturated carbocycles. The number of methoxy groups -OCH3 is 2. The molecule has 0 spiro atoms. The van der Waals surface area contributed by atoms with E-state index >= 15 is 0 Å². The molecule has 0 amide bonds. The van der Waals surface area contributed by atoms with Gasteiger partial charge >= 0.3 is 0 Å². The molecular formula is C15H21NO3. The molecule has 0 saturated heterocycles. The average molecular weight is 263 g/mol. The van der Waals surface area contributed by atoms with Crippen LogP contribution in [0.25, 0.3) is 0 Å². The third kappa shape index (κ3) is 3.20. The fourth-order valence-corrected chi connectivity index (χ4v) is 2.25. The lowest BCUT2D eigenvalue weighted by Gasteiger charge is -2.24. The Hall–Kier alpha value is -1.68. The van der Waals surface area contributed by atoms with Crippen molar-refractivity contribution >= 4 is 0 Å². The summed E-state index contributed by atoms with van der Waals surface area (Å²) < 4.78 is 16.4. The van der Waals surface area contributed by atoms with E-state index in [9.17, 15) is 0 Å². The number of nitrogens with one attached hydrogen (secondary N) is 1. The van der Waals surface area contributed by atoms with Gasteiger partial charge in [-0.25, -0.2) is 0 Å². The zero-order chi connectivity index (χ0) is 13.7. The maximum atomic E-state index is 5.75. The smallest absolute Gasteiger partial charge is 0.122 e. The van der Waals surface area contributed by atoms with E-state index in [0.717, 1.165) is 42.3 Å². The van der Waals surface area contributed by atoms with Gasteiger partial charge in [0.15, 0.2) is 0 Å². The lowest BCUT2D eigenvalue weighted by Crippen LogP contribution is -2.22. The van der Waals surface area contributed by atoms with Gasteiger partial charge in [-0.2, -0.15) is 0 Å². The number of allylic oxidation sites excluding steroid dienone is 1. The van der Waals surface area contributed by atoms with Gasteiger partial charge in [-0.3, -0.25) is 0 Å². The van der Waals surface area contributed by atoms with Crippen LogP contribution >= 0.6 is 0 Å². The summed E-state index contributed by atoms with van der Waals surface area (Å²) in [6.07, 6.45) is 4.30. The lowest BCUT2D eigenvalue weighted by atomic mass is 10.0. The third-order valence-electron chi connectivity index (χ3n) is 3.24. The highest BCUT2D eigenvalue weighted by molar-refractivity contribution is 5.41. The molecule has 1 aliphatic rings. The topological polar surface area (TPSA) is 39.7 Å². The number of benzene rings is 1. The van der Waals surface area contributed by atoms with Crippen molar-refractivity contribution in [1.82, 2.24) is 5.32 Å². The first-order chi connectivity index (χ1) is 9.28. The van der Waals surface area contributed by atoms with Gasteiger partial charge < -0.3 is 19.5 Å². The fourth-order valence-electron chi connectivity index (χ4n) is 2.25. The molecule has 4 heteroatoms. The predicted molar refractivity (Wildman–Crippen MR) is 74.6 cm³/mol. The molecule has 1 N–H and O–H groups in total. The molecule has 19 heavy (non-hydrogen) atoms. The zero-order valence-electron chi connectivity index (χ0n) is 11.7. The van der Waals surface area contributed by atoms with Crippen molar-refractivity contribution in [3.05, 3.63) is 35.6 Å². The van der Waals surface area contributed by atoms with Crippen LogP contribution in [0.4, 0.5) is 0 Å². The molecule has 1 atom stereocenters. The van der Waals surface area contributed by atoms with Gasteiger partial charge in [0.2, 0.25) is 0 Å². The summed E-state index contributed by atoms with van der Waals surface area (Å²) in [6, 6.07) is 5.90. The summed E-state index contributed by atoms with van der Waals surface area (Å²) in [5.74, 6) is 2.54. The molecule has 1 unspecified atom stereocenters. The Balaban J connectivity index is 2.33. The summed E-state index contributed by atoms with van der Waals surface area (Å²) >= 11 is 0. The number of hydrogen-bond donors (Lipinski definition) is 1. The van der Waals surface area contributed by atoms with Gasteiger partial charge in [-0.1, -0.05) is 0 Å². The summed E-state index contributed by atoms with van der Waals surface area (Å²) in [4.78, 5) is 0. The quantitative estimate of drug-likeness (QED) is 0.886. The number of likely N-dealkylation sites (N-methyl/N-ethyl adjacent to an activating group) is 1. The molecule has 0 bridgehead atoms. The van der Waals surface area contributed by atoms with Crippen LogP contribution in [0.3, 0.4) is 0 Å². The van der Waals surface area contributed by atoms with Crippen molar-refractivity contribution < 1.29 is 14.2 Å². The summed E-state index contributed by atoms with van der Waals surface area (Å²) in [6.45, 7) is 0.783. The van der Waals surface area contributed by atoms with Gasteiger partial charge in [-0.05, 0) is 43.7 Å². The minimum Gasteiger partial charge on any atom is -0.497 e. The Morgan fingerprint density at radius 1 is 1.16 bits per heavy atom. The van der Waals surface area contributed by atoms with E-state index < -0.39 is 0 Å². The number of rotatable bonds is 5. The highest BCUT2D eigenvalue weighted by Gasteiger charge is 2.19. The van der Waals surface area contributed by atoms with Crippen LogP contribution < -0.4 is 14.8 Å². The molecule has 4 nitrogen and oxygen atoms in total. The van der Waals surface area contributed by atoms with Gasteiger partial charge in [0.05, 0.1) is 26.9 Å². The van der Waals surface area contributed by atoms with Crippen molar-refractivity contribution in [2.24, 2.45) is 0 Å². The average Bonchev–Trinajstić information content (AvgIpc) is 2.48. The standard InChI is InChI=1S/C15H21NO3/c1-16-15(14-6-4-5-7-19-14)11-8-12(17-2)10-13(9-11)18-3/h6,8-10,15-16H,4-5,7H2,1-3H3. The van der Waals surface area contributed by atoms with E-state index in [0.29, 0.717) is 0 Å². The molecule has 0 aromatic heterocycles. The van der Waals surface area contributed by atoms with Crippen LogP contribution in [0.1, 0.15) is 24.4 Å². The molecule has 0 radical (unpaired) electrons. The van der Waals surface area contributed by atoms with Crippen LogP contribution in [0.2, 0.25) is 0 Å². The van der Waals surface area contributed by atoms with Crippen LogP contribution in [0.15, 0.2) is 30.0 Å². The van der Waals surface area contributed by atoms with Crippen LogP contribution in [-0.4, -0.2) is 27.9 Å². The van der Waals surface area contributed by atoms with Gasteiger partial charge in [0.25, 0.3) is 0 Å². The minimum atomic E-state index is 0.0318. The molecule has 1 aromatic carbocycles. The zero-order valence-corrected chi connectivity index (χ0v) is 11.7. The molecule has 1 aliphatic heterocycles. The molecular weight excluding hydrogens is 242 g/mol. The Kier molecular flexibility index (Phi) is 4.68. The first-order valence-corrected chi connectivity index (χ1v) is 6.51. The van der Waals surface area contributed by atoms with E-state index in [1.54, 1.807) is 14.2 Å². The maximum Gasteiger partial charge on any atom is 0.122 e. The van der Waals surface area contributed by atoms with Crippen LogP contribution in [0, 0.1) is 0 Å². The highest BCUT2D eigenvalue weighted by atomic mass is 16.5. The second-order valence-corrected chi connectivity index (χ2v) is 4.46. The Bertz CT molecular complexity index is 434. The van der Waals surface area contributed by atoms with Crippen molar-refractivity contribution in [2.75, 3.05) is 27.9 Å². The van der Waals surface area contributed by atoms with E-state index in [4.69, 9.17) is 14.2 Å². The van der Waals surface area contributed by atoms with Crippen molar-refractivity contribution in [3.8, 4) is 11.5 Å².